The van der Waals surface area contributed by atoms with Crippen LogP contribution in [0.1, 0.15) is 46.1 Å². The van der Waals surface area contributed by atoms with Gasteiger partial charge in [-0.05, 0) is 50.6 Å². The summed E-state index contributed by atoms with van der Waals surface area (Å²) in [7, 11) is 0. The molecule has 0 aliphatic carbocycles. The molecule has 1 fully saturated rings. The zero-order chi connectivity index (χ0) is 20.5. The molecule has 1 aromatic carbocycles. The molecule has 0 aromatic heterocycles. The van der Waals surface area contributed by atoms with E-state index in [1.54, 1.807) is 0 Å². The van der Waals surface area contributed by atoms with Crippen LogP contribution < -0.4 is 4.90 Å². The Bertz CT molecular complexity index is 669. The van der Waals surface area contributed by atoms with Crippen molar-refractivity contribution >= 4 is 29.1 Å². The number of carbonyl (C=O) groups is 1. The van der Waals surface area contributed by atoms with Crippen LogP contribution in [0.4, 0.5) is 5.69 Å². The van der Waals surface area contributed by atoms with Crippen molar-refractivity contribution in [3.05, 3.63) is 23.8 Å². The third-order valence-corrected chi connectivity index (χ3v) is 6.08. The van der Waals surface area contributed by atoms with Crippen molar-refractivity contribution in [2.24, 2.45) is 5.10 Å². The quantitative estimate of drug-likeness (QED) is 0.353. The fourth-order valence-electron chi connectivity index (χ4n) is 3.56. The molecule has 156 valence electrons. The molecule has 1 amide bonds. The summed E-state index contributed by atoms with van der Waals surface area (Å²) in [5.41, 5.74) is 3.77. The van der Waals surface area contributed by atoms with Crippen molar-refractivity contribution in [3.8, 4) is 0 Å². The first-order valence-electron chi connectivity index (χ1n) is 10.5. The van der Waals surface area contributed by atoms with E-state index in [2.05, 4.69) is 55.2 Å². The number of hydrogen-bond acceptors (Lipinski definition) is 5. The van der Waals surface area contributed by atoms with Gasteiger partial charge in [0.15, 0.2) is 0 Å². The largest absolute Gasteiger partial charge is 0.368 e. The molecule has 0 radical (unpaired) electrons. The lowest BCUT2D eigenvalue weighted by Gasteiger charge is -2.37. The topological polar surface area (TPSA) is 39.2 Å². The summed E-state index contributed by atoms with van der Waals surface area (Å²) in [6.45, 7) is 12.9. The molecule has 1 aliphatic heterocycles. The summed E-state index contributed by atoms with van der Waals surface area (Å²) in [4.78, 5) is 18.5. The van der Waals surface area contributed by atoms with E-state index in [-0.39, 0.29) is 5.91 Å². The molecule has 1 aromatic rings. The molecule has 1 aliphatic rings. The Morgan fingerprint density at radius 1 is 1.18 bits per heavy atom. The van der Waals surface area contributed by atoms with Crippen molar-refractivity contribution in [2.45, 2.75) is 51.9 Å². The van der Waals surface area contributed by atoms with Gasteiger partial charge in [0.25, 0.3) is 0 Å². The van der Waals surface area contributed by atoms with Gasteiger partial charge in [0.2, 0.25) is 5.91 Å². The molecule has 6 heteroatoms. The van der Waals surface area contributed by atoms with E-state index >= 15 is 0 Å². The number of carbonyl (C=O) groups excluding carboxylic acids is 1. The molecule has 1 saturated heterocycles. The van der Waals surface area contributed by atoms with Crippen LogP contribution in [-0.2, 0) is 11.2 Å². The van der Waals surface area contributed by atoms with Gasteiger partial charge < -0.3 is 9.80 Å². The summed E-state index contributed by atoms with van der Waals surface area (Å²) in [5.74, 6) is 0.181. The molecule has 0 bridgehead atoms. The standard InChI is InChI=1S/C22H36N4OS/c1-6-9-18(4)23-26(8-3)17-22(27)25-14-12-24(13-15-25)20-11-10-19(7-2)21(16-20)28-5/h10-11,16H,6-9,12-15,17H2,1-5H3/b23-18-. The van der Waals surface area contributed by atoms with Crippen LogP contribution in [0.25, 0.3) is 0 Å². The molecule has 1 heterocycles. The second-order valence-corrected chi connectivity index (χ2v) is 8.13. The average Bonchev–Trinajstić information content (AvgIpc) is 2.72. The zero-order valence-corrected chi connectivity index (χ0v) is 19.0. The van der Waals surface area contributed by atoms with E-state index in [1.807, 2.05) is 28.6 Å². The Labute approximate surface area is 175 Å². The summed E-state index contributed by atoms with van der Waals surface area (Å²) >= 11 is 1.81. The maximum absolute atomic E-state index is 12.7. The van der Waals surface area contributed by atoms with E-state index in [4.69, 9.17) is 0 Å². The molecular formula is C22H36N4OS. The summed E-state index contributed by atoms with van der Waals surface area (Å²) in [6, 6.07) is 6.76. The van der Waals surface area contributed by atoms with Gasteiger partial charge in [-0.3, -0.25) is 9.80 Å². The van der Waals surface area contributed by atoms with Gasteiger partial charge in [-0.15, -0.1) is 11.8 Å². The lowest BCUT2D eigenvalue weighted by Crippen LogP contribution is -2.51. The number of likely N-dealkylation sites (N-methyl/N-ethyl adjacent to an activating group) is 1. The van der Waals surface area contributed by atoms with Gasteiger partial charge in [0.05, 0.1) is 0 Å². The van der Waals surface area contributed by atoms with E-state index in [1.165, 1.54) is 16.1 Å². The number of anilines is 1. The number of nitrogens with zero attached hydrogens (tertiary/aromatic N) is 4. The van der Waals surface area contributed by atoms with Crippen molar-refractivity contribution < 1.29 is 4.79 Å². The highest BCUT2D eigenvalue weighted by molar-refractivity contribution is 7.98. The van der Waals surface area contributed by atoms with Crippen molar-refractivity contribution in [3.63, 3.8) is 0 Å². The Morgan fingerprint density at radius 2 is 1.89 bits per heavy atom. The number of hydrazone groups is 1. The lowest BCUT2D eigenvalue weighted by atomic mass is 10.1. The van der Waals surface area contributed by atoms with Crippen molar-refractivity contribution in [2.75, 3.05) is 50.4 Å². The second kappa shape index (κ2) is 11.3. The predicted octanol–water partition coefficient (Wildman–Crippen LogP) is 4.12. The fourth-order valence-corrected chi connectivity index (χ4v) is 4.28. The summed E-state index contributed by atoms with van der Waals surface area (Å²) < 4.78 is 0. The number of aryl methyl sites for hydroxylation is 1. The zero-order valence-electron chi connectivity index (χ0n) is 18.2. The van der Waals surface area contributed by atoms with Crippen molar-refractivity contribution in [1.82, 2.24) is 9.91 Å². The Hall–Kier alpha value is -1.69. The fraction of sp³-hybridized carbons (Fsp3) is 0.636. The molecular weight excluding hydrogens is 368 g/mol. The number of rotatable bonds is 9. The summed E-state index contributed by atoms with van der Waals surface area (Å²) in [6.07, 6.45) is 5.27. The first-order chi connectivity index (χ1) is 13.5. The van der Waals surface area contributed by atoms with Crippen LogP contribution in [0.5, 0.6) is 0 Å². The van der Waals surface area contributed by atoms with E-state index in [9.17, 15) is 4.79 Å². The number of benzene rings is 1. The van der Waals surface area contributed by atoms with Gasteiger partial charge in [0, 0.05) is 49.0 Å². The maximum atomic E-state index is 12.7. The number of piperazine rings is 1. The third kappa shape index (κ3) is 6.16. The Balaban J connectivity index is 1.92. The SMILES string of the molecule is CCC/C(C)=N\N(CC)CC(=O)N1CCN(c2ccc(CC)c(SC)c2)CC1. The molecule has 0 N–H and O–H groups in total. The number of thioether (sulfide) groups is 1. The van der Waals surface area contributed by atoms with E-state index in [0.29, 0.717) is 6.54 Å². The highest BCUT2D eigenvalue weighted by atomic mass is 32.2. The molecule has 0 unspecified atom stereocenters. The Morgan fingerprint density at radius 3 is 2.46 bits per heavy atom. The van der Waals surface area contributed by atoms with Gasteiger partial charge in [0.1, 0.15) is 6.54 Å². The monoisotopic (exact) mass is 404 g/mol. The van der Waals surface area contributed by atoms with Crippen molar-refractivity contribution in [1.29, 1.82) is 0 Å². The van der Waals surface area contributed by atoms with Gasteiger partial charge >= 0.3 is 0 Å². The van der Waals surface area contributed by atoms with Crippen LogP contribution in [0, 0.1) is 0 Å². The van der Waals surface area contributed by atoms with Crippen LogP contribution in [0.15, 0.2) is 28.2 Å². The number of hydrogen-bond donors (Lipinski definition) is 0. The minimum absolute atomic E-state index is 0.181. The summed E-state index contributed by atoms with van der Waals surface area (Å²) in [5, 5.41) is 6.50. The average molecular weight is 405 g/mol. The van der Waals surface area contributed by atoms with Gasteiger partial charge in [-0.25, -0.2) is 0 Å². The maximum Gasteiger partial charge on any atom is 0.243 e. The van der Waals surface area contributed by atoms with Gasteiger partial charge in [-0.2, -0.15) is 5.10 Å². The molecule has 5 nitrogen and oxygen atoms in total. The van der Waals surface area contributed by atoms with Crippen LogP contribution in [0.3, 0.4) is 0 Å². The van der Waals surface area contributed by atoms with E-state index in [0.717, 1.165) is 57.7 Å². The molecule has 0 saturated carbocycles. The molecule has 0 spiro atoms. The van der Waals surface area contributed by atoms with Crippen LogP contribution in [-0.4, -0.2) is 67.1 Å². The number of amides is 1. The normalized spacial score (nSPS) is 15.1. The smallest absolute Gasteiger partial charge is 0.243 e. The molecule has 2 rings (SSSR count). The minimum atomic E-state index is 0.181. The first kappa shape index (κ1) is 22.6. The Kier molecular flexibility index (Phi) is 9.16. The minimum Gasteiger partial charge on any atom is -0.368 e. The highest BCUT2D eigenvalue weighted by Crippen LogP contribution is 2.27. The van der Waals surface area contributed by atoms with Crippen LogP contribution >= 0.6 is 11.8 Å². The second-order valence-electron chi connectivity index (χ2n) is 7.28. The molecule has 0 atom stereocenters. The molecule has 28 heavy (non-hydrogen) atoms. The van der Waals surface area contributed by atoms with Gasteiger partial charge in [-0.1, -0.05) is 26.3 Å². The predicted molar refractivity (Wildman–Crippen MR) is 122 cm³/mol. The highest BCUT2D eigenvalue weighted by Gasteiger charge is 2.22. The lowest BCUT2D eigenvalue weighted by molar-refractivity contribution is -0.132. The van der Waals surface area contributed by atoms with Crippen LogP contribution in [0.2, 0.25) is 0 Å². The first-order valence-corrected chi connectivity index (χ1v) is 11.7. The third-order valence-electron chi connectivity index (χ3n) is 5.26. The van der Waals surface area contributed by atoms with E-state index < -0.39 is 0 Å².